The number of hydrogen-bond acceptors (Lipinski definition) is 4. The second-order valence-electron chi connectivity index (χ2n) is 4.35. The third kappa shape index (κ3) is 2.29. The topological polar surface area (TPSA) is 77.3 Å². The fraction of sp³-hybridized carbons (Fsp3) is 0.357. The Labute approximate surface area is 111 Å². The number of rotatable bonds is 4. The highest BCUT2D eigenvalue weighted by Gasteiger charge is 2.13. The van der Waals surface area contributed by atoms with Gasteiger partial charge in [0.2, 0.25) is 0 Å². The average Bonchev–Trinajstić information content (AvgIpc) is 2.41. The van der Waals surface area contributed by atoms with E-state index in [9.17, 15) is 4.79 Å². The molecule has 0 aliphatic rings. The first-order valence-corrected chi connectivity index (χ1v) is 6.10. The Morgan fingerprint density at radius 1 is 1.26 bits per heavy atom. The monoisotopic (exact) mass is 262 g/mol. The molecule has 0 fully saturated rings. The van der Waals surface area contributed by atoms with E-state index >= 15 is 0 Å². The summed E-state index contributed by atoms with van der Waals surface area (Å²) in [7, 11) is 3.18. The second kappa shape index (κ2) is 5.32. The van der Waals surface area contributed by atoms with Gasteiger partial charge in [-0.3, -0.25) is 4.79 Å². The Hall–Kier alpha value is -2.01. The molecule has 102 valence electrons. The van der Waals surface area contributed by atoms with Gasteiger partial charge in [-0.1, -0.05) is 0 Å². The molecule has 1 aromatic carbocycles. The fourth-order valence-electron chi connectivity index (χ4n) is 2.32. The Morgan fingerprint density at radius 2 is 2.00 bits per heavy atom. The number of ether oxygens (including phenoxy) is 2. The lowest BCUT2D eigenvalue weighted by Gasteiger charge is -2.13. The summed E-state index contributed by atoms with van der Waals surface area (Å²) >= 11 is 0. The van der Waals surface area contributed by atoms with Crippen molar-refractivity contribution in [1.82, 2.24) is 4.98 Å². The molecule has 19 heavy (non-hydrogen) atoms. The summed E-state index contributed by atoms with van der Waals surface area (Å²) in [5, 5.41) is 0.895. The molecule has 5 heteroatoms. The van der Waals surface area contributed by atoms with Crippen molar-refractivity contribution >= 4 is 10.9 Å². The molecule has 0 saturated heterocycles. The normalized spacial score (nSPS) is 10.7. The molecule has 3 N–H and O–H groups in total. The zero-order valence-corrected chi connectivity index (χ0v) is 11.4. The van der Waals surface area contributed by atoms with Crippen molar-refractivity contribution in [3.05, 3.63) is 33.6 Å². The van der Waals surface area contributed by atoms with E-state index in [1.54, 1.807) is 26.4 Å². The highest BCUT2D eigenvalue weighted by molar-refractivity contribution is 5.90. The van der Waals surface area contributed by atoms with Crippen LogP contribution in [0.25, 0.3) is 10.9 Å². The third-order valence-corrected chi connectivity index (χ3v) is 3.28. The van der Waals surface area contributed by atoms with E-state index < -0.39 is 0 Å². The second-order valence-corrected chi connectivity index (χ2v) is 4.35. The van der Waals surface area contributed by atoms with Crippen LogP contribution in [-0.2, 0) is 6.42 Å². The molecule has 0 amide bonds. The van der Waals surface area contributed by atoms with Gasteiger partial charge in [-0.2, -0.15) is 0 Å². The fourth-order valence-corrected chi connectivity index (χ4v) is 2.32. The van der Waals surface area contributed by atoms with Crippen LogP contribution in [0.2, 0.25) is 0 Å². The predicted molar refractivity (Wildman–Crippen MR) is 75.2 cm³/mol. The molecule has 1 heterocycles. The van der Waals surface area contributed by atoms with Gasteiger partial charge in [-0.05, 0) is 25.5 Å². The standard InChI is InChI=1S/C14H18N2O3/c1-8-10(4-5-15)14(17)16-11-6-9(18-2)7-12(19-3)13(8)11/h6-7H,4-5,15H2,1-3H3,(H,16,17). The van der Waals surface area contributed by atoms with E-state index in [-0.39, 0.29) is 5.56 Å². The van der Waals surface area contributed by atoms with Crippen molar-refractivity contribution < 1.29 is 9.47 Å². The summed E-state index contributed by atoms with van der Waals surface area (Å²) in [6.45, 7) is 2.35. The van der Waals surface area contributed by atoms with E-state index in [0.717, 1.165) is 10.9 Å². The molecule has 0 radical (unpaired) electrons. The number of pyridine rings is 1. The summed E-state index contributed by atoms with van der Waals surface area (Å²) in [6.07, 6.45) is 0.548. The van der Waals surface area contributed by atoms with Gasteiger partial charge >= 0.3 is 0 Å². The number of methoxy groups -OCH3 is 2. The number of aryl methyl sites for hydroxylation is 1. The van der Waals surface area contributed by atoms with Gasteiger partial charge in [0.05, 0.1) is 19.7 Å². The molecule has 2 rings (SSSR count). The van der Waals surface area contributed by atoms with Crippen LogP contribution in [0.1, 0.15) is 11.1 Å². The van der Waals surface area contributed by atoms with Crippen LogP contribution in [0.3, 0.4) is 0 Å². The molecule has 0 spiro atoms. The molecule has 0 aliphatic heterocycles. The molecule has 0 aliphatic carbocycles. The molecular formula is C14H18N2O3. The van der Waals surface area contributed by atoms with Crippen molar-refractivity contribution in [1.29, 1.82) is 0 Å². The first-order valence-electron chi connectivity index (χ1n) is 6.10. The van der Waals surface area contributed by atoms with E-state index in [1.807, 2.05) is 6.92 Å². The number of nitrogens with one attached hydrogen (secondary N) is 1. The highest BCUT2D eigenvalue weighted by Crippen LogP contribution is 2.32. The van der Waals surface area contributed by atoms with Crippen LogP contribution < -0.4 is 20.8 Å². The van der Waals surface area contributed by atoms with Crippen LogP contribution in [0.15, 0.2) is 16.9 Å². The van der Waals surface area contributed by atoms with Crippen molar-refractivity contribution in [2.75, 3.05) is 20.8 Å². The average molecular weight is 262 g/mol. The van der Waals surface area contributed by atoms with Gasteiger partial charge in [-0.15, -0.1) is 0 Å². The summed E-state index contributed by atoms with van der Waals surface area (Å²) in [5.41, 5.74) is 7.77. The predicted octanol–water partition coefficient (Wildman–Crippen LogP) is 1.35. The lowest BCUT2D eigenvalue weighted by Crippen LogP contribution is -2.18. The summed E-state index contributed by atoms with van der Waals surface area (Å²) in [4.78, 5) is 14.9. The van der Waals surface area contributed by atoms with Crippen molar-refractivity contribution in [3.63, 3.8) is 0 Å². The largest absolute Gasteiger partial charge is 0.497 e. The first kappa shape index (κ1) is 13.4. The zero-order valence-electron chi connectivity index (χ0n) is 11.4. The molecule has 1 aromatic heterocycles. The van der Waals surface area contributed by atoms with Gasteiger partial charge in [-0.25, -0.2) is 0 Å². The minimum Gasteiger partial charge on any atom is -0.497 e. The van der Waals surface area contributed by atoms with Gasteiger partial charge in [0.25, 0.3) is 5.56 Å². The van der Waals surface area contributed by atoms with Crippen LogP contribution in [-0.4, -0.2) is 25.7 Å². The summed E-state index contributed by atoms with van der Waals surface area (Å²) < 4.78 is 10.6. The van der Waals surface area contributed by atoms with Crippen LogP contribution >= 0.6 is 0 Å². The lowest BCUT2D eigenvalue weighted by molar-refractivity contribution is 0.397. The molecule has 5 nitrogen and oxygen atoms in total. The van der Waals surface area contributed by atoms with Gasteiger partial charge in [0.15, 0.2) is 0 Å². The smallest absolute Gasteiger partial charge is 0.251 e. The van der Waals surface area contributed by atoms with Crippen LogP contribution in [0.5, 0.6) is 11.5 Å². The van der Waals surface area contributed by atoms with Crippen LogP contribution in [0.4, 0.5) is 0 Å². The Kier molecular flexibility index (Phi) is 3.76. The van der Waals surface area contributed by atoms with Crippen LogP contribution in [0, 0.1) is 6.92 Å². The number of aromatic nitrogens is 1. The molecule has 2 aromatic rings. The van der Waals surface area contributed by atoms with Gasteiger partial charge in [0, 0.05) is 23.1 Å². The van der Waals surface area contributed by atoms with Crippen molar-refractivity contribution in [3.8, 4) is 11.5 Å². The highest BCUT2D eigenvalue weighted by atomic mass is 16.5. The Morgan fingerprint density at radius 3 is 2.58 bits per heavy atom. The first-order chi connectivity index (χ1) is 9.12. The quantitative estimate of drug-likeness (QED) is 0.872. The maximum absolute atomic E-state index is 12.1. The number of hydrogen-bond donors (Lipinski definition) is 2. The minimum atomic E-state index is -0.106. The van der Waals surface area contributed by atoms with E-state index in [2.05, 4.69) is 4.98 Å². The van der Waals surface area contributed by atoms with Crippen molar-refractivity contribution in [2.24, 2.45) is 5.73 Å². The number of nitrogens with two attached hydrogens (primary N) is 1. The van der Waals surface area contributed by atoms with E-state index in [1.165, 1.54) is 0 Å². The molecular weight excluding hydrogens is 244 g/mol. The van der Waals surface area contributed by atoms with Gasteiger partial charge in [0.1, 0.15) is 11.5 Å². The van der Waals surface area contributed by atoms with Gasteiger partial charge < -0.3 is 20.2 Å². The number of H-pyrrole nitrogens is 1. The molecule has 0 bridgehead atoms. The van der Waals surface area contributed by atoms with Crippen molar-refractivity contribution in [2.45, 2.75) is 13.3 Å². The Balaban J connectivity index is 2.84. The minimum absolute atomic E-state index is 0.106. The summed E-state index contributed by atoms with van der Waals surface area (Å²) in [5.74, 6) is 1.33. The van der Waals surface area contributed by atoms with E-state index in [0.29, 0.717) is 35.5 Å². The third-order valence-electron chi connectivity index (χ3n) is 3.28. The zero-order chi connectivity index (χ0) is 14.0. The number of benzene rings is 1. The summed E-state index contributed by atoms with van der Waals surface area (Å²) in [6, 6.07) is 3.60. The SMILES string of the molecule is COc1cc(OC)c2c(C)c(CCN)c(=O)[nH]c2c1. The lowest BCUT2D eigenvalue weighted by atomic mass is 10.0. The number of fused-ring (bicyclic) bond motifs is 1. The number of aromatic amines is 1. The molecule has 0 atom stereocenters. The molecule has 0 unspecified atom stereocenters. The Bertz CT molecular complexity index is 662. The molecule has 0 saturated carbocycles. The maximum Gasteiger partial charge on any atom is 0.251 e. The van der Waals surface area contributed by atoms with E-state index in [4.69, 9.17) is 15.2 Å². The maximum atomic E-state index is 12.1.